The second-order valence-corrected chi connectivity index (χ2v) is 8.75. The van der Waals surface area contributed by atoms with Gasteiger partial charge < -0.3 is 9.64 Å². The Hall–Kier alpha value is -2.03. The number of halogens is 1. The molecule has 4 unspecified atom stereocenters. The second kappa shape index (κ2) is 7.42. The third-order valence-corrected chi connectivity index (χ3v) is 7.12. The van der Waals surface area contributed by atoms with E-state index < -0.39 is 0 Å². The summed E-state index contributed by atoms with van der Waals surface area (Å²) in [6.07, 6.45) is 3.75. The molecule has 0 saturated carbocycles. The molecule has 2 nitrogen and oxygen atoms in total. The maximum absolute atomic E-state index is 6.48. The summed E-state index contributed by atoms with van der Waals surface area (Å²) in [5.74, 6) is 1.97. The van der Waals surface area contributed by atoms with Gasteiger partial charge in [0.05, 0.1) is 6.61 Å². The SMILES string of the molecule is CN1C2CCC1C(COc1cccc3ccccc13)C(c1cccc(Cl)c1)C2. The molecule has 3 aromatic rings. The fraction of sp³-hybridized carbons (Fsp3) is 0.360. The molecule has 144 valence electrons. The van der Waals surface area contributed by atoms with E-state index in [4.69, 9.17) is 16.3 Å². The maximum atomic E-state index is 6.48. The van der Waals surface area contributed by atoms with Gasteiger partial charge in [-0.15, -0.1) is 0 Å². The predicted octanol–water partition coefficient (Wildman–Crippen LogP) is 6.14. The van der Waals surface area contributed by atoms with E-state index in [9.17, 15) is 0 Å². The van der Waals surface area contributed by atoms with Gasteiger partial charge in [0.1, 0.15) is 5.75 Å². The second-order valence-electron chi connectivity index (χ2n) is 8.31. The summed E-state index contributed by atoms with van der Waals surface area (Å²) in [5.41, 5.74) is 1.36. The van der Waals surface area contributed by atoms with Gasteiger partial charge in [-0.1, -0.05) is 60.1 Å². The fourth-order valence-corrected chi connectivity index (χ4v) is 5.63. The zero-order valence-corrected chi connectivity index (χ0v) is 17.0. The highest BCUT2D eigenvalue weighted by atomic mass is 35.5. The van der Waals surface area contributed by atoms with Gasteiger partial charge in [0.2, 0.25) is 0 Å². The molecule has 0 amide bonds. The summed E-state index contributed by atoms with van der Waals surface area (Å²) in [4.78, 5) is 2.60. The van der Waals surface area contributed by atoms with Crippen LogP contribution in [-0.4, -0.2) is 30.6 Å². The lowest BCUT2D eigenvalue weighted by Gasteiger charge is -2.43. The first-order valence-electron chi connectivity index (χ1n) is 10.3. The van der Waals surface area contributed by atoms with E-state index in [1.54, 1.807) is 0 Å². The van der Waals surface area contributed by atoms with Crippen LogP contribution in [0.3, 0.4) is 0 Å². The molecular formula is C25H26ClNO. The molecule has 28 heavy (non-hydrogen) atoms. The quantitative estimate of drug-likeness (QED) is 0.529. The number of benzene rings is 3. The van der Waals surface area contributed by atoms with E-state index in [-0.39, 0.29) is 0 Å². The molecule has 0 radical (unpaired) electrons. The van der Waals surface area contributed by atoms with Crippen molar-refractivity contribution in [3.05, 3.63) is 77.3 Å². The molecule has 0 N–H and O–H groups in total. The van der Waals surface area contributed by atoms with Crippen molar-refractivity contribution >= 4 is 22.4 Å². The van der Waals surface area contributed by atoms with Gasteiger partial charge in [-0.25, -0.2) is 0 Å². The number of piperidine rings is 1. The standard InChI is InChI=1S/C25H26ClNO/c1-27-20-12-13-24(27)23(22(15-20)18-8-4-9-19(26)14-18)16-28-25-11-5-7-17-6-2-3-10-21(17)25/h2-11,14,20,22-24H,12-13,15-16H2,1H3. The molecular weight excluding hydrogens is 366 g/mol. The van der Waals surface area contributed by atoms with Gasteiger partial charge in [-0.2, -0.15) is 0 Å². The Morgan fingerprint density at radius 2 is 1.82 bits per heavy atom. The Morgan fingerprint density at radius 3 is 2.71 bits per heavy atom. The molecule has 3 heteroatoms. The van der Waals surface area contributed by atoms with E-state index in [2.05, 4.69) is 72.6 Å². The Bertz CT molecular complexity index is 982. The van der Waals surface area contributed by atoms with Gasteiger partial charge in [0.25, 0.3) is 0 Å². The Morgan fingerprint density at radius 1 is 1.00 bits per heavy atom. The van der Waals surface area contributed by atoms with Crippen LogP contribution in [0.5, 0.6) is 5.75 Å². The number of nitrogens with zero attached hydrogens (tertiary/aromatic N) is 1. The first-order chi connectivity index (χ1) is 13.7. The summed E-state index contributed by atoms with van der Waals surface area (Å²) in [5, 5.41) is 3.25. The first-order valence-corrected chi connectivity index (χ1v) is 10.7. The summed E-state index contributed by atoms with van der Waals surface area (Å²) in [7, 11) is 2.29. The molecule has 2 fully saturated rings. The van der Waals surface area contributed by atoms with Crippen LogP contribution in [0.25, 0.3) is 10.8 Å². The molecule has 2 aliphatic rings. The van der Waals surface area contributed by atoms with Gasteiger partial charge in [0.15, 0.2) is 0 Å². The Kier molecular flexibility index (Phi) is 4.78. The smallest absolute Gasteiger partial charge is 0.127 e. The lowest BCUT2D eigenvalue weighted by molar-refractivity contribution is 0.0670. The van der Waals surface area contributed by atoms with Gasteiger partial charge in [-0.05, 0) is 61.4 Å². The normalized spacial score (nSPS) is 27.2. The van der Waals surface area contributed by atoms with Crippen molar-refractivity contribution in [3.63, 3.8) is 0 Å². The zero-order chi connectivity index (χ0) is 19.1. The van der Waals surface area contributed by atoms with Crippen molar-refractivity contribution < 1.29 is 4.74 Å². The van der Waals surface area contributed by atoms with Crippen LogP contribution in [0.1, 0.15) is 30.7 Å². The van der Waals surface area contributed by atoms with Crippen molar-refractivity contribution in [2.75, 3.05) is 13.7 Å². The number of hydrogen-bond acceptors (Lipinski definition) is 2. The molecule has 0 spiro atoms. The minimum absolute atomic E-state index is 0.473. The average Bonchev–Trinajstić information content (AvgIpc) is 2.96. The molecule has 0 aliphatic carbocycles. The predicted molar refractivity (Wildman–Crippen MR) is 116 cm³/mol. The zero-order valence-electron chi connectivity index (χ0n) is 16.2. The van der Waals surface area contributed by atoms with Crippen LogP contribution in [0, 0.1) is 5.92 Å². The summed E-state index contributed by atoms with van der Waals surface area (Å²) < 4.78 is 6.48. The van der Waals surface area contributed by atoms with Crippen LogP contribution in [0.15, 0.2) is 66.7 Å². The van der Waals surface area contributed by atoms with Gasteiger partial charge in [0, 0.05) is 28.4 Å². The van der Waals surface area contributed by atoms with E-state index in [0.717, 1.165) is 17.4 Å². The Balaban J connectivity index is 1.45. The van der Waals surface area contributed by atoms with E-state index in [1.165, 1.54) is 35.6 Å². The molecule has 0 aromatic heterocycles. The van der Waals surface area contributed by atoms with Crippen molar-refractivity contribution in [3.8, 4) is 5.75 Å². The van der Waals surface area contributed by atoms with Crippen LogP contribution in [0.4, 0.5) is 0 Å². The molecule has 2 saturated heterocycles. The van der Waals surface area contributed by atoms with Gasteiger partial charge in [-0.3, -0.25) is 0 Å². The lowest BCUT2D eigenvalue weighted by atomic mass is 9.76. The van der Waals surface area contributed by atoms with Crippen molar-refractivity contribution in [2.24, 2.45) is 5.92 Å². The van der Waals surface area contributed by atoms with Crippen LogP contribution in [0.2, 0.25) is 5.02 Å². The number of hydrogen-bond donors (Lipinski definition) is 0. The summed E-state index contributed by atoms with van der Waals surface area (Å²) >= 11 is 6.33. The number of ether oxygens (including phenoxy) is 1. The highest BCUT2D eigenvalue weighted by Crippen LogP contribution is 2.46. The summed E-state index contributed by atoms with van der Waals surface area (Å²) in [6, 6.07) is 24.5. The molecule has 4 atom stereocenters. The van der Waals surface area contributed by atoms with Crippen molar-refractivity contribution in [2.45, 2.75) is 37.3 Å². The minimum atomic E-state index is 0.473. The fourth-order valence-electron chi connectivity index (χ4n) is 5.43. The molecule has 3 aromatic carbocycles. The Labute approximate surface area is 172 Å². The van der Waals surface area contributed by atoms with E-state index >= 15 is 0 Å². The van der Waals surface area contributed by atoms with Crippen LogP contribution < -0.4 is 4.74 Å². The lowest BCUT2D eigenvalue weighted by Crippen LogP contribution is -2.47. The molecule has 5 rings (SSSR count). The van der Waals surface area contributed by atoms with E-state index in [1.807, 2.05) is 6.07 Å². The van der Waals surface area contributed by atoms with Crippen molar-refractivity contribution in [1.29, 1.82) is 0 Å². The largest absolute Gasteiger partial charge is 0.493 e. The van der Waals surface area contributed by atoms with Crippen molar-refractivity contribution in [1.82, 2.24) is 4.90 Å². The third-order valence-electron chi connectivity index (χ3n) is 6.89. The van der Waals surface area contributed by atoms with Gasteiger partial charge >= 0.3 is 0 Å². The maximum Gasteiger partial charge on any atom is 0.127 e. The summed E-state index contributed by atoms with van der Waals surface area (Å²) in [6.45, 7) is 0.743. The highest BCUT2D eigenvalue weighted by molar-refractivity contribution is 6.30. The first kappa shape index (κ1) is 18.0. The van der Waals surface area contributed by atoms with Crippen LogP contribution in [-0.2, 0) is 0 Å². The topological polar surface area (TPSA) is 12.5 Å². The van der Waals surface area contributed by atoms with E-state index in [0.29, 0.717) is 23.9 Å². The molecule has 2 aliphatic heterocycles. The third kappa shape index (κ3) is 3.19. The number of fused-ring (bicyclic) bond motifs is 3. The average molecular weight is 392 g/mol. The minimum Gasteiger partial charge on any atom is -0.493 e. The molecule has 2 heterocycles. The molecule has 2 bridgehead atoms. The van der Waals surface area contributed by atoms with Crippen LogP contribution >= 0.6 is 11.6 Å². The highest BCUT2D eigenvalue weighted by Gasteiger charge is 2.46. The number of rotatable bonds is 4. The monoisotopic (exact) mass is 391 g/mol.